The quantitative estimate of drug-likeness (QED) is 0.752. The van der Waals surface area contributed by atoms with E-state index in [4.69, 9.17) is 4.74 Å². The zero-order valence-corrected chi connectivity index (χ0v) is 10.3. The van der Waals surface area contributed by atoms with Crippen molar-refractivity contribution in [3.8, 4) is 5.75 Å². The number of rotatable bonds is 4. The van der Waals surface area contributed by atoms with Crippen LogP contribution in [0.25, 0.3) is 11.0 Å². The van der Waals surface area contributed by atoms with E-state index in [9.17, 15) is 5.11 Å². The first-order chi connectivity index (χ1) is 9.33. The van der Waals surface area contributed by atoms with Gasteiger partial charge in [-0.05, 0) is 17.7 Å². The second-order valence-corrected chi connectivity index (χ2v) is 4.34. The molecule has 4 heteroatoms. The minimum Gasteiger partial charge on any atom is -0.506 e. The van der Waals surface area contributed by atoms with Crippen LogP contribution in [0.15, 0.2) is 48.5 Å². The second kappa shape index (κ2) is 5.12. The Labute approximate surface area is 110 Å². The zero-order chi connectivity index (χ0) is 13.1. The van der Waals surface area contributed by atoms with E-state index in [2.05, 4.69) is 9.97 Å². The number of benzene rings is 2. The lowest BCUT2D eigenvalue weighted by molar-refractivity contribution is 0.102. The number of H-pyrrole nitrogens is 1. The van der Waals surface area contributed by atoms with E-state index < -0.39 is 0 Å². The van der Waals surface area contributed by atoms with Crippen molar-refractivity contribution in [3.05, 3.63) is 59.9 Å². The summed E-state index contributed by atoms with van der Waals surface area (Å²) in [4.78, 5) is 7.44. The van der Waals surface area contributed by atoms with Crippen molar-refractivity contribution < 1.29 is 9.84 Å². The maximum atomic E-state index is 9.66. The summed E-state index contributed by atoms with van der Waals surface area (Å²) < 4.78 is 5.60. The number of phenolic OH excluding ortho intramolecular Hbond substituents is 1. The van der Waals surface area contributed by atoms with Crippen LogP contribution in [0.1, 0.15) is 11.4 Å². The van der Waals surface area contributed by atoms with Crippen LogP contribution in [-0.2, 0) is 18.0 Å². The summed E-state index contributed by atoms with van der Waals surface area (Å²) in [5, 5.41) is 9.66. The van der Waals surface area contributed by atoms with Gasteiger partial charge in [0.2, 0.25) is 0 Å². The van der Waals surface area contributed by atoms with Crippen LogP contribution in [-0.4, -0.2) is 15.1 Å². The lowest BCUT2D eigenvalue weighted by atomic mass is 10.2. The first kappa shape index (κ1) is 11.7. The third-order valence-corrected chi connectivity index (χ3v) is 2.89. The lowest BCUT2D eigenvalue weighted by Gasteiger charge is -2.01. The molecule has 0 saturated heterocycles. The van der Waals surface area contributed by atoms with E-state index in [0.717, 1.165) is 11.1 Å². The number of ether oxygens (including phenoxy) is 1. The van der Waals surface area contributed by atoms with Gasteiger partial charge >= 0.3 is 0 Å². The fourth-order valence-electron chi connectivity index (χ4n) is 1.98. The summed E-state index contributed by atoms with van der Waals surface area (Å²) in [6, 6.07) is 15.3. The minimum absolute atomic E-state index is 0.183. The number of nitrogens with one attached hydrogen (secondary N) is 1. The molecule has 1 aromatic heterocycles. The summed E-state index contributed by atoms with van der Waals surface area (Å²) in [7, 11) is 0. The van der Waals surface area contributed by atoms with Crippen molar-refractivity contribution in [1.82, 2.24) is 9.97 Å². The summed E-state index contributed by atoms with van der Waals surface area (Å²) in [6.45, 7) is 0.937. The lowest BCUT2D eigenvalue weighted by Crippen LogP contribution is -1.95. The molecule has 3 rings (SSSR count). The Balaban J connectivity index is 1.67. The molecule has 0 saturated carbocycles. The van der Waals surface area contributed by atoms with Crippen LogP contribution in [0.4, 0.5) is 0 Å². The van der Waals surface area contributed by atoms with Crippen LogP contribution in [0, 0.1) is 0 Å². The highest BCUT2D eigenvalue weighted by atomic mass is 16.5. The number of phenols is 1. The molecular formula is C15H14N2O2. The minimum atomic E-state index is 0.183. The molecule has 3 aromatic rings. The predicted octanol–water partition coefficient (Wildman–Crippen LogP) is 2.99. The van der Waals surface area contributed by atoms with Gasteiger partial charge < -0.3 is 14.8 Å². The second-order valence-electron chi connectivity index (χ2n) is 4.34. The number of hydrogen-bond donors (Lipinski definition) is 2. The summed E-state index contributed by atoms with van der Waals surface area (Å²) >= 11 is 0. The highest BCUT2D eigenvalue weighted by molar-refractivity contribution is 5.81. The molecule has 0 spiro atoms. The first-order valence-electron chi connectivity index (χ1n) is 6.11. The van der Waals surface area contributed by atoms with Crippen molar-refractivity contribution in [2.75, 3.05) is 0 Å². The third kappa shape index (κ3) is 2.58. The standard InChI is InChI=1S/C15H14N2O2/c18-13-8-4-7-12-15(13)17-14(16-12)10-19-9-11-5-2-1-3-6-11/h1-8,18H,9-10H2,(H,16,17). The molecule has 1 heterocycles. The van der Waals surface area contributed by atoms with Crippen molar-refractivity contribution in [2.24, 2.45) is 0 Å². The Bertz CT molecular complexity index is 677. The Morgan fingerprint density at radius 3 is 2.63 bits per heavy atom. The van der Waals surface area contributed by atoms with E-state index in [1.54, 1.807) is 12.1 Å². The summed E-state index contributed by atoms with van der Waals surface area (Å²) in [5.74, 6) is 0.899. The molecule has 0 aliphatic carbocycles. The topological polar surface area (TPSA) is 58.1 Å². The van der Waals surface area contributed by atoms with Gasteiger partial charge in [-0.25, -0.2) is 4.98 Å². The van der Waals surface area contributed by atoms with E-state index >= 15 is 0 Å². The molecule has 0 radical (unpaired) electrons. The van der Waals surface area contributed by atoms with Gasteiger partial charge in [0, 0.05) is 0 Å². The average Bonchev–Trinajstić information content (AvgIpc) is 2.84. The van der Waals surface area contributed by atoms with Crippen molar-refractivity contribution in [1.29, 1.82) is 0 Å². The van der Waals surface area contributed by atoms with Gasteiger partial charge in [-0.2, -0.15) is 0 Å². The number of para-hydroxylation sites is 1. The smallest absolute Gasteiger partial charge is 0.143 e. The predicted molar refractivity (Wildman–Crippen MR) is 72.7 cm³/mol. The first-order valence-corrected chi connectivity index (χ1v) is 6.11. The molecule has 0 aliphatic rings. The largest absolute Gasteiger partial charge is 0.506 e. The van der Waals surface area contributed by atoms with Crippen LogP contribution < -0.4 is 0 Å². The number of aromatic amines is 1. The Morgan fingerprint density at radius 1 is 1.00 bits per heavy atom. The zero-order valence-electron chi connectivity index (χ0n) is 10.3. The van der Waals surface area contributed by atoms with Crippen molar-refractivity contribution in [3.63, 3.8) is 0 Å². The number of imidazole rings is 1. The molecule has 0 amide bonds. The van der Waals surface area contributed by atoms with E-state index in [1.165, 1.54) is 0 Å². The van der Waals surface area contributed by atoms with Crippen LogP contribution >= 0.6 is 0 Å². The van der Waals surface area contributed by atoms with Crippen molar-refractivity contribution in [2.45, 2.75) is 13.2 Å². The maximum Gasteiger partial charge on any atom is 0.143 e. The number of aromatic hydroxyl groups is 1. The van der Waals surface area contributed by atoms with Gasteiger partial charge in [-0.3, -0.25) is 0 Å². The molecule has 0 atom stereocenters. The number of hydrogen-bond acceptors (Lipinski definition) is 3. The fourth-order valence-corrected chi connectivity index (χ4v) is 1.98. The molecule has 0 bridgehead atoms. The van der Waals surface area contributed by atoms with Gasteiger partial charge in [0.1, 0.15) is 23.7 Å². The monoisotopic (exact) mass is 254 g/mol. The SMILES string of the molecule is Oc1cccc2[nH]c(COCc3ccccc3)nc12. The Morgan fingerprint density at radius 2 is 1.84 bits per heavy atom. The number of fused-ring (bicyclic) bond motifs is 1. The Kier molecular flexibility index (Phi) is 3.16. The van der Waals surface area contributed by atoms with Crippen LogP contribution in [0.5, 0.6) is 5.75 Å². The fraction of sp³-hybridized carbons (Fsp3) is 0.133. The molecule has 0 aliphatic heterocycles. The summed E-state index contributed by atoms with van der Waals surface area (Å²) in [6.07, 6.45) is 0. The molecular weight excluding hydrogens is 240 g/mol. The van der Waals surface area contributed by atoms with Gasteiger partial charge in [-0.15, -0.1) is 0 Å². The normalized spacial score (nSPS) is 10.9. The van der Waals surface area contributed by atoms with E-state index in [-0.39, 0.29) is 5.75 Å². The van der Waals surface area contributed by atoms with Crippen molar-refractivity contribution >= 4 is 11.0 Å². The summed E-state index contributed by atoms with van der Waals surface area (Å²) in [5.41, 5.74) is 2.53. The Hall–Kier alpha value is -2.33. The molecule has 2 aromatic carbocycles. The molecule has 0 unspecified atom stereocenters. The van der Waals surface area contributed by atoms with E-state index in [1.807, 2.05) is 36.4 Å². The van der Waals surface area contributed by atoms with Gasteiger partial charge in [0.15, 0.2) is 0 Å². The van der Waals surface area contributed by atoms with Gasteiger partial charge in [-0.1, -0.05) is 36.4 Å². The average molecular weight is 254 g/mol. The highest BCUT2D eigenvalue weighted by Gasteiger charge is 2.06. The van der Waals surface area contributed by atoms with Crippen LogP contribution in [0.3, 0.4) is 0 Å². The molecule has 0 fully saturated rings. The molecule has 4 nitrogen and oxygen atoms in total. The molecule has 19 heavy (non-hydrogen) atoms. The number of aromatic nitrogens is 2. The van der Waals surface area contributed by atoms with E-state index in [0.29, 0.717) is 24.6 Å². The van der Waals surface area contributed by atoms with Crippen LogP contribution in [0.2, 0.25) is 0 Å². The van der Waals surface area contributed by atoms with Gasteiger partial charge in [0.05, 0.1) is 12.1 Å². The number of nitrogens with zero attached hydrogens (tertiary/aromatic N) is 1. The third-order valence-electron chi connectivity index (χ3n) is 2.89. The molecule has 96 valence electrons. The highest BCUT2D eigenvalue weighted by Crippen LogP contribution is 2.21. The maximum absolute atomic E-state index is 9.66. The molecule has 2 N–H and O–H groups in total. The van der Waals surface area contributed by atoms with Gasteiger partial charge in [0.25, 0.3) is 0 Å².